The number of alkyl halides is 1. The van der Waals surface area contributed by atoms with Gasteiger partial charge in [0, 0.05) is 52.8 Å². The molecule has 1 aliphatic carbocycles. The van der Waals surface area contributed by atoms with Crippen LogP contribution in [0.2, 0.25) is 0 Å². The molecule has 1 unspecified atom stereocenters. The molecule has 1 aliphatic heterocycles. The fourth-order valence-electron chi connectivity index (χ4n) is 7.65. The molecule has 0 spiro atoms. The number of ether oxygens (including phenoxy) is 1. The lowest BCUT2D eigenvalue weighted by atomic mass is 9.98. The number of nitrogens with zero attached hydrogens (tertiary/aromatic N) is 4. The van der Waals surface area contributed by atoms with E-state index in [9.17, 15) is 23.6 Å². The highest BCUT2D eigenvalue weighted by Gasteiger charge is 2.40. The number of hydrogen-bond acceptors (Lipinski definition) is 7. The average molecular weight is 737 g/mol. The van der Waals surface area contributed by atoms with Crippen LogP contribution in [-0.2, 0) is 27.4 Å². The lowest BCUT2D eigenvalue weighted by Gasteiger charge is -2.24. The quantitative estimate of drug-likeness (QED) is 0.146. The minimum absolute atomic E-state index is 0.0433. The fourth-order valence-corrected chi connectivity index (χ4v) is 7.65. The third-order valence-corrected chi connectivity index (χ3v) is 10.4. The van der Waals surface area contributed by atoms with Gasteiger partial charge in [0.2, 0.25) is 11.8 Å². The maximum atomic E-state index is 14.8. The van der Waals surface area contributed by atoms with Gasteiger partial charge in [0.15, 0.2) is 5.78 Å². The predicted octanol–water partition coefficient (Wildman–Crippen LogP) is 6.92. The van der Waals surface area contributed by atoms with Gasteiger partial charge >= 0.3 is 6.09 Å². The molecule has 2 N–H and O–H groups in total. The highest BCUT2D eigenvalue weighted by Crippen LogP contribution is 2.44. The van der Waals surface area contributed by atoms with Crippen LogP contribution in [0, 0.1) is 0 Å². The number of halogens is 1. The van der Waals surface area contributed by atoms with E-state index in [1.165, 1.54) is 11.8 Å². The maximum Gasteiger partial charge on any atom is 0.407 e. The Labute approximate surface area is 316 Å². The van der Waals surface area contributed by atoms with Gasteiger partial charge in [0.1, 0.15) is 25.4 Å². The Balaban J connectivity index is 0.872. The molecule has 276 valence electrons. The SMILES string of the molecule is CC(=O)c1cn(CC(=O)N2C[C@H](F)CC2C(=O)Nc2ccc(CNC(=O)OCC3c4ccccc4-c4ccccc43)cc2)c2ccc(-c3ccnnc3)cc12. The van der Waals surface area contributed by atoms with Crippen LogP contribution in [0.5, 0.6) is 0 Å². The van der Waals surface area contributed by atoms with Crippen LogP contribution in [0.25, 0.3) is 33.2 Å². The van der Waals surface area contributed by atoms with E-state index in [1.807, 2.05) is 48.5 Å². The van der Waals surface area contributed by atoms with Gasteiger partial charge in [-0.2, -0.15) is 10.2 Å². The summed E-state index contributed by atoms with van der Waals surface area (Å²) in [5.41, 5.74) is 8.59. The Bertz CT molecular complexity index is 2390. The molecular weight excluding hydrogens is 700 g/mol. The van der Waals surface area contributed by atoms with E-state index in [-0.39, 0.29) is 44.4 Å². The van der Waals surface area contributed by atoms with Crippen molar-refractivity contribution in [3.05, 3.63) is 138 Å². The number of anilines is 1. The van der Waals surface area contributed by atoms with Crippen LogP contribution >= 0.6 is 0 Å². The van der Waals surface area contributed by atoms with Gasteiger partial charge in [-0.05, 0) is 70.6 Å². The zero-order chi connectivity index (χ0) is 38.1. The summed E-state index contributed by atoms with van der Waals surface area (Å²) in [6, 6.07) is 29.5. The van der Waals surface area contributed by atoms with Gasteiger partial charge in [-0.25, -0.2) is 9.18 Å². The van der Waals surface area contributed by atoms with Crippen molar-refractivity contribution >= 4 is 40.3 Å². The summed E-state index contributed by atoms with van der Waals surface area (Å²) in [5, 5.41) is 14.0. The topological polar surface area (TPSA) is 136 Å². The van der Waals surface area contributed by atoms with E-state index in [0.29, 0.717) is 22.2 Å². The third-order valence-electron chi connectivity index (χ3n) is 10.4. The van der Waals surface area contributed by atoms with Crippen molar-refractivity contribution in [1.82, 2.24) is 25.0 Å². The average Bonchev–Trinajstić information content (AvgIpc) is 3.88. The Morgan fingerprint density at radius 3 is 2.29 bits per heavy atom. The van der Waals surface area contributed by atoms with Crippen molar-refractivity contribution in [2.75, 3.05) is 18.5 Å². The number of carbonyl (C=O) groups is 4. The number of aromatic nitrogens is 3. The second kappa shape index (κ2) is 15.0. The number of Topliss-reactive ketones (excluding diaryl/α,β-unsaturated/α-hetero) is 1. The summed E-state index contributed by atoms with van der Waals surface area (Å²) < 4.78 is 22.1. The fraction of sp³-hybridized carbons (Fsp3) is 0.209. The van der Waals surface area contributed by atoms with Gasteiger partial charge in [0.25, 0.3) is 0 Å². The molecule has 2 atom stereocenters. The predicted molar refractivity (Wildman–Crippen MR) is 205 cm³/mol. The van der Waals surface area contributed by atoms with Crippen LogP contribution in [0.3, 0.4) is 0 Å². The minimum atomic E-state index is -1.36. The van der Waals surface area contributed by atoms with E-state index in [2.05, 4.69) is 45.1 Å². The zero-order valence-electron chi connectivity index (χ0n) is 29.9. The smallest absolute Gasteiger partial charge is 0.407 e. The molecule has 12 heteroatoms. The number of amides is 3. The second-order valence-corrected chi connectivity index (χ2v) is 13.9. The number of ketones is 1. The number of benzene rings is 4. The summed E-state index contributed by atoms with van der Waals surface area (Å²) in [6.07, 6.45) is 2.80. The minimum Gasteiger partial charge on any atom is -0.449 e. The number of fused-ring (bicyclic) bond motifs is 4. The number of hydrogen-bond donors (Lipinski definition) is 2. The molecule has 0 saturated carbocycles. The first-order chi connectivity index (χ1) is 26.7. The second-order valence-electron chi connectivity index (χ2n) is 13.9. The number of alkyl carbamates (subject to hydrolysis) is 1. The molecule has 3 heterocycles. The van der Waals surface area contributed by atoms with Crippen LogP contribution in [0.15, 0.2) is 116 Å². The highest BCUT2D eigenvalue weighted by atomic mass is 19.1. The molecule has 8 rings (SSSR count). The van der Waals surface area contributed by atoms with Crippen molar-refractivity contribution in [3.8, 4) is 22.3 Å². The summed E-state index contributed by atoms with van der Waals surface area (Å²) in [6.45, 7) is 1.49. The summed E-state index contributed by atoms with van der Waals surface area (Å²) >= 11 is 0. The van der Waals surface area contributed by atoms with Crippen molar-refractivity contribution in [2.24, 2.45) is 0 Å². The maximum absolute atomic E-state index is 14.8. The summed E-state index contributed by atoms with van der Waals surface area (Å²) in [5.74, 6) is -1.15. The molecule has 6 aromatic rings. The van der Waals surface area contributed by atoms with Gasteiger partial charge < -0.3 is 24.8 Å². The Hall–Kier alpha value is -6.69. The van der Waals surface area contributed by atoms with E-state index in [0.717, 1.165) is 38.9 Å². The first kappa shape index (κ1) is 35.3. The van der Waals surface area contributed by atoms with E-state index in [4.69, 9.17) is 4.74 Å². The Morgan fingerprint density at radius 2 is 1.60 bits per heavy atom. The van der Waals surface area contributed by atoms with Crippen molar-refractivity contribution in [1.29, 1.82) is 0 Å². The number of rotatable bonds is 10. The molecular formula is C43H37FN6O5. The van der Waals surface area contributed by atoms with E-state index >= 15 is 0 Å². The van der Waals surface area contributed by atoms with Crippen LogP contribution in [-0.4, -0.2) is 68.7 Å². The molecule has 2 aliphatic rings. The van der Waals surface area contributed by atoms with Gasteiger partial charge in [-0.1, -0.05) is 66.7 Å². The highest BCUT2D eigenvalue weighted by molar-refractivity contribution is 6.08. The lowest BCUT2D eigenvalue weighted by Crippen LogP contribution is -2.44. The van der Waals surface area contributed by atoms with Crippen LogP contribution in [0.1, 0.15) is 46.3 Å². The van der Waals surface area contributed by atoms with Gasteiger partial charge in [0.05, 0.1) is 18.9 Å². The first-order valence-electron chi connectivity index (χ1n) is 18.1. The number of carbonyl (C=O) groups excluding carboxylic acids is 4. The lowest BCUT2D eigenvalue weighted by molar-refractivity contribution is -0.137. The van der Waals surface area contributed by atoms with Crippen molar-refractivity contribution in [3.63, 3.8) is 0 Å². The summed E-state index contributed by atoms with van der Waals surface area (Å²) in [4.78, 5) is 53.6. The Kier molecular flexibility index (Phi) is 9.62. The van der Waals surface area contributed by atoms with E-state index in [1.54, 1.807) is 47.4 Å². The molecule has 1 saturated heterocycles. The largest absolute Gasteiger partial charge is 0.449 e. The molecule has 11 nitrogen and oxygen atoms in total. The molecule has 1 fully saturated rings. The standard InChI is InChI=1S/C43H37FN6O5/c1-26(51)37-23-49(39-15-12-28(18-36(37)39)29-16-17-46-47-21-29)24-41(52)50-22-30(44)19-40(50)42(53)48-31-13-10-27(11-14-31)20-45-43(54)55-25-38-34-8-4-2-6-32(34)33-7-3-5-9-35(33)38/h2-18,21,23,30,38,40H,19-20,22,24-25H2,1H3,(H,45,54)(H,48,53)/t30-,40?/m1/s1. The third kappa shape index (κ3) is 7.18. The van der Waals surface area contributed by atoms with Crippen molar-refractivity contribution < 1.29 is 28.3 Å². The molecule has 55 heavy (non-hydrogen) atoms. The first-order valence-corrected chi connectivity index (χ1v) is 18.1. The van der Waals surface area contributed by atoms with Gasteiger partial charge in [-0.3, -0.25) is 14.4 Å². The summed E-state index contributed by atoms with van der Waals surface area (Å²) in [7, 11) is 0. The monoisotopic (exact) mass is 736 g/mol. The molecule has 3 amide bonds. The van der Waals surface area contributed by atoms with E-state index < -0.39 is 30.1 Å². The van der Waals surface area contributed by atoms with Gasteiger partial charge in [-0.15, -0.1) is 0 Å². The number of likely N-dealkylation sites (tertiary alicyclic amines) is 1. The number of nitrogens with one attached hydrogen (secondary N) is 2. The van der Waals surface area contributed by atoms with Crippen LogP contribution < -0.4 is 10.6 Å². The molecule has 0 radical (unpaired) electrons. The van der Waals surface area contributed by atoms with Crippen LogP contribution in [0.4, 0.5) is 14.9 Å². The Morgan fingerprint density at radius 1 is 0.873 bits per heavy atom. The zero-order valence-corrected chi connectivity index (χ0v) is 29.9. The molecule has 2 aromatic heterocycles. The normalized spacial score (nSPS) is 16.1. The van der Waals surface area contributed by atoms with Crippen molar-refractivity contribution in [2.45, 2.75) is 44.6 Å². The molecule has 4 aromatic carbocycles. The molecule has 0 bridgehead atoms.